The Hall–Kier alpha value is -0.770. The van der Waals surface area contributed by atoms with Crippen LogP contribution in [-0.4, -0.2) is 32.6 Å². The number of alkyl halides is 3. The van der Waals surface area contributed by atoms with E-state index in [9.17, 15) is 21.6 Å². The fourth-order valence-electron chi connectivity index (χ4n) is 2.29. The van der Waals surface area contributed by atoms with E-state index in [0.29, 0.717) is 0 Å². The van der Waals surface area contributed by atoms with Gasteiger partial charge in [-0.1, -0.05) is 0 Å². The molecule has 1 fully saturated rings. The molecule has 22 heavy (non-hydrogen) atoms. The Kier molecular flexibility index (Phi) is 5.41. The fraction of sp³-hybridized carbons (Fsp3) is 0.538. The van der Waals surface area contributed by atoms with Gasteiger partial charge in [0.25, 0.3) is 0 Å². The van der Waals surface area contributed by atoms with E-state index in [1.54, 1.807) is 0 Å². The van der Waals surface area contributed by atoms with Crippen LogP contribution in [0.2, 0.25) is 0 Å². The Morgan fingerprint density at radius 3 is 2.45 bits per heavy atom. The van der Waals surface area contributed by atoms with Crippen LogP contribution in [0, 0.1) is 0 Å². The molecule has 0 aromatic heterocycles. The van der Waals surface area contributed by atoms with Gasteiger partial charge in [-0.05, 0) is 62.3 Å². The highest BCUT2D eigenvalue weighted by Crippen LogP contribution is 2.36. The second-order valence-electron chi connectivity index (χ2n) is 5.13. The molecule has 0 radical (unpaired) electrons. The molecule has 0 saturated carbocycles. The number of sulfonamides is 1. The molecule has 1 saturated heterocycles. The predicted octanol–water partition coefficient (Wildman–Crippen LogP) is 2.72. The van der Waals surface area contributed by atoms with Crippen molar-refractivity contribution in [2.75, 3.05) is 6.54 Å². The topological polar surface area (TPSA) is 58.2 Å². The minimum absolute atomic E-state index is 0.0172. The first-order valence-electron chi connectivity index (χ1n) is 6.79. The highest BCUT2D eigenvalue weighted by Gasteiger charge is 2.30. The van der Waals surface area contributed by atoms with Gasteiger partial charge in [0.1, 0.15) is 0 Å². The van der Waals surface area contributed by atoms with Crippen LogP contribution in [0.5, 0.6) is 0 Å². The van der Waals surface area contributed by atoms with Gasteiger partial charge in [-0.15, -0.1) is 0 Å². The molecule has 0 bridgehead atoms. The number of hydrogen-bond acceptors (Lipinski definition) is 4. The van der Waals surface area contributed by atoms with Crippen LogP contribution < -0.4 is 10.0 Å². The fourth-order valence-corrected chi connectivity index (χ4v) is 4.18. The van der Waals surface area contributed by atoms with Gasteiger partial charge in [-0.3, -0.25) is 0 Å². The van der Waals surface area contributed by atoms with Crippen LogP contribution in [0.4, 0.5) is 13.2 Å². The maximum Gasteiger partial charge on any atom is 0.446 e. The summed E-state index contributed by atoms with van der Waals surface area (Å²) in [7, 11) is -3.73. The van der Waals surface area contributed by atoms with E-state index in [-0.39, 0.29) is 33.6 Å². The van der Waals surface area contributed by atoms with Crippen molar-refractivity contribution in [2.45, 2.75) is 47.1 Å². The van der Waals surface area contributed by atoms with E-state index < -0.39 is 15.5 Å². The molecule has 1 aliphatic heterocycles. The monoisotopic (exact) mass is 354 g/mol. The Morgan fingerprint density at radius 2 is 1.91 bits per heavy atom. The zero-order chi connectivity index (χ0) is 16.4. The number of rotatable bonds is 4. The lowest BCUT2D eigenvalue weighted by Crippen LogP contribution is -2.51. The van der Waals surface area contributed by atoms with E-state index in [0.717, 1.165) is 31.5 Å². The largest absolute Gasteiger partial charge is 0.446 e. The number of piperidine rings is 1. The third-order valence-electron chi connectivity index (χ3n) is 3.44. The smallest absolute Gasteiger partial charge is 0.313 e. The van der Waals surface area contributed by atoms with Crippen molar-refractivity contribution in [2.24, 2.45) is 0 Å². The van der Waals surface area contributed by atoms with Gasteiger partial charge in [-0.2, -0.15) is 13.2 Å². The highest BCUT2D eigenvalue weighted by molar-refractivity contribution is 8.00. The van der Waals surface area contributed by atoms with Crippen molar-refractivity contribution < 1.29 is 21.6 Å². The molecule has 2 N–H and O–H groups in total. The number of thioether (sulfide) groups is 1. The summed E-state index contributed by atoms with van der Waals surface area (Å²) < 4.78 is 63.9. The first-order valence-corrected chi connectivity index (χ1v) is 9.09. The second kappa shape index (κ2) is 6.77. The van der Waals surface area contributed by atoms with Crippen LogP contribution in [0.25, 0.3) is 0 Å². The van der Waals surface area contributed by atoms with Crippen LogP contribution in [0.15, 0.2) is 34.1 Å². The Labute approximate surface area is 131 Å². The lowest BCUT2D eigenvalue weighted by atomic mass is 10.0. The minimum Gasteiger partial charge on any atom is -0.313 e. The molecule has 1 heterocycles. The SMILES string of the molecule is CC1NCCCC1NS(=O)(=O)c1ccc(SC(F)(F)F)cc1. The number of halogens is 3. The standard InChI is InChI=1S/C13H17F3N2O2S2/c1-9-12(3-2-8-17-9)18-22(19,20)11-6-4-10(5-7-11)21-13(14,15)16/h4-7,9,12,17-18H,2-3,8H2,1H3. The quantitative estimate of drug-likeness (QED) is 0.817. The third-order valence-corrected chi connectivity index (χ3v) is 5.68. The molecule has 0 spiro atoms. The lowest BCUT2D eigenvalue weighted by Gasteiger charge is -2.30. The second-order valence-corrected chi connectivity index (χ2v) is 7.98. The van der Waals surface area contributed by atoms with Gasteiger partial charge >= 0.3 is 5.51 Å². The molecule has 1 aliphatic rings. The first-order chi connectivity index (χ1) is 10.2. The van der Waals surface area contributed by atoms with Crippen LogP contribution >= 0.6 is 11.8 Å². The summed E-state index contributed by atoms with van der Waals surface area (Å²) in [6.45, 7) is 2.75. The number of hydrogen-bond donors (Lipinski definition) is 2. The molecule has 2 unspecified atom stereocenters. The van der Waals surface area contributed by atoms with E-state index in [1.165, 1.54) is 12.1 Å². The summed E-state index contributed by atoms with van der Waals surface area (Å²) in [6.07, 6.45) is 1.61. The summed E-state index contributed by atoms with van der Waals surface area (Å²) in [5.74, 6) is 0. The highest BCUT2D eigenvalue weighted by atomic mass is 32.2. The predicted molar refractivity (Wildman–Crippen MR) is 79.2 cm³/mol. The Morgan fingerprint density at radius 1 is 1.27 bits per heavy atom. The molecule has 124 valence electrons. The third kappa shape index (κ3) is 4.87. The summed E-state index contributed by atoms with van der Waals surface area (Å²) in [6, 6.07) is 4.51. The van der Waals surface area contributed by atoms with Crippen molar-refractivity contribution in [3.63, 3.8) is 0 Å². The Balaban J connectivity index is 2.09. The number of benzene rings is 1. The normalized spacial score (nSPS) is 23.5. The van der Waals surface area contributed by atoms with Crippen LogP contribution in [0.1, 0.15) is 19.8 Å². The number of nitrogens with one attached hydrogen (secondary N) is 2. The average Bonchev–Trinajstić information content (AvgIpc) is 2.40. The van der Waals surface area contributed by atoms with Gasteiger partial charge < -0.3 is 5.32 Å². The van der Waals surface area contributed by atoms with Crippen molar-refractivity contribution in [1.29, 1.82) is 0 Å². The molecule has 9 heteroatoms. The maximum absolute atomic E-state index is 12.3. The van der Waals surface area contributed by atoms with Gasteiger partial charge in [0.15, 0.2) is 0 Å². The molecule has 0 aliphatic carbocycles. The van der Waals surface area contributed by atoms with Crippen molar-refractivity contribution in [3.8, 4) is 0 Å². The maximum atomic E-state index is 12.3. The zero-order valence-electron chi connectivity index (χ0n) is 11.9. The molecular formula is C13H17F3N2O2S2. The summed E-state index contributed by atoms with van der Waals surface area (Å²) in [4.78, 5) is -0.0732. The average molecular weight is 354 g/mol. The van der Waals surface area contributed by atoms with Gasteiger partial charge in [0.05, 0.1) is 4.90 Å². The van der Waals surface area contributed by atoms with Crippen molar-refractivity contribution in [1.82, 2.24) is 10.0 Å². The van der Waals surface area contributed by atoms with E-state index in [4.69, 9.17) is 0 Å². The van der Waals surface area contributed by atoms with E-state index in [1.807, 2.05) is 6.92 Å². The van der Waals surface area contributed by atoms with Crippen LogP contribution in [-0.2, 0) is 10.0 Å². The van der Waals surface area contributed by atoms with Crippen molar-refractivity contribution >= 4 is 21.8 Å². The summed E-state index contributed by atoms with van der Waals surface area (Å²) >= 11 is -0.269. The van der Waals surface area contributed by atoms with Crippen molar-refractivity contribution in [3.05, 3.63) is 24.3 Å². The van der Waals surface area contributed by atoms with Crippen LogP contribution in [0.3, 0.4) is 0 Å². The molecule has 1 aromatic carbocycles. The molecule has 4 nitrogen and oxygen atoms in total. The van der Waals surface area contributed by atoms with Gasteiger partial charge in [-0.25, -0.2) is 13.1 Å². The lowest BCUT2D eigenvalue weighted by molar-refractivity contribution is -0.0328. The summed E-state index contributed by atoms with van der Waals surface area (Å²) in [5.41, 5.74) is -4.39. The minimum atomic E-state index is -4.39. The Bertz CT molecular complexity index is 603. The van der Waals surface area contributed by atoms with E-state index in [2.05, 4.69) is 10.0 Å². The molecule has 2 atom stereocenters. The van der Waals surface area contributed by atoms with Gasteiger partial charge in [0.2, 0.25) is 10.0 Å². The summed E-state index contributed by atoms with van der Waals surface area (Å²) in [5, 5.41) is 3.19. The molecular weight excluding hydrogens is 337 g/mol. The first kappa shape index (κ1) is 17.6. The molecule has 1 aromatic rings. The molecule has 0 amide bonds. The zero-order valence-corrected chi connectivity index (χ0v) is 13.5. The van der Waals surface area contributed by atoms with E-state index >= 15 is 0 Å². The molecule has 2 rings (SSSR count). The van der Waals surface area contributed by atoms with Gasteiger partial charge in [0, 0.05) is 17.0 Å².